The number of ketones is 1. The number of rotatable bonds is 5. The van der Waals surface area contributed by atoms with Crippen LogP contribution >= 0.6 is 0 Å². The largest absolute Gasteiger partial charge is 0.461 e. The minimum atomic E-state index is -1.04. The van der Waals surface area contributed by atoms with E-state index in [4.69, 9.17) is 10.00 Å². The molecule has 0 aromatic carbocycles. The molecular weight excluding hydrogens is 290 g/mol. The molecule has 23 heavy (non-hydrogen) atoms. The zero-order valence-corrected chi connectivity index (χ0v) is 14.6. The highest BCUT2D eigenvalue weighted by molar-refractivity contribution is 6.05. The van der Waals surface area contributed by atoms with E-state index in [0.29, 0.717) is 37.0 Å². The lowest BCUT2D eigenvalue weighted by Crippen LogP contribution is -2.43. The third kappa shape index (κ3) is 3.76. The average molecular weight is 319 g/mol. The molecule has 4 atom stereocenters. The van der Waals surface area contributed by atoms with Crippen LogP contribution in [0, 0.1) is 34.5 Å². The Bertz CT molecular complexity index is 493. The molecule has 0 unspecified atom stereocenters. The van der Waals surface area contributed by atoms with Crippen molar-refractivity contribution in [1.82, 2.24) is 0 Å². The van der Waals surface area contributed by atoms with Crippen molar-refractivity contribution in [3.05, 3.63) is 0 Å². The van der Waals surface area contributed by atoms with Crippen LogP contribution in [0.1, 0.15) is 72.1 Å². The molecule has 2 aliphatic rings. The van der Waals surface area contributed by atoms with E-state index >= 15 is 0 Å². The van der Waals surface area contributed by atoms with Crippen LogP contribution in [0.15, 0.2) is 0 Å². The number of Topliss-reactive ketones (excluding diaryl/α,β-unsaturated/α-hetero) is 1. The van der Waals surface area contributed by atoms with Crippen molar-refractivity contribution in [2.24, 2.45) is 23.2 Å². The summed E-state index contributed by atoms with van der Waals surface area (Å²) in [6, 6.07) is 2.07. The molecule has 2 rings (SSSR count). The predicted octanol–water partition coefficient (Wildman–Crippen LogP) is 4.03. The maximum atomic E-state index is 12.9. The molecule has 0 spiro atoms. The Morgan fingerprint density at radius 1 is 1.43 bits per heavy atom. The van der Waals surface area contributed by atoms with Gasteiger partial charge in [0.25, 0.3) is 0 Å². The lowest BCUT2D eigenvalue weighted by atomic mass is 9.75. The summed E-state index contributed by atoms with van der Waals surface area (Å²) in [5.74, 6) is 1.01. The van der Waals surface area contributed by atoms with Gasteiger partial charge in [0.05, 0.1) is 6.07 Å². The third-order valence-electron chi connectivity index (χ3n) is 5.82. The summed E-state index contributed by atoms with van der Waals surface area (Å²) < 4.78 is 5.92. The number of carbonyl (C=O) groups is 2. The van der Waals surface area contributed by atoms with Gasteiger partial charge in [0.15, 0.2) is 0 Å². The number of hydrogen-bond acceptors (Lipinski definition) is 4. The Balaban J connectivity index is 2.13. The van der Waals surface area contributed by atoms with Crippen LogP contribution in [-0.2, 0) is 14.3 Å². The average Bonchev–Trinajstić information content (AvgIpc) is 2.87. The topological polar surface area (TPSA) is 67.2 Å². The zero-order valence-electron chi connectivity index (χ0n) is 14.6. The van der Waals surface area contributed by atoms with Gasteiger partial charge < -0.3 is 4.74 Å². The van der Waals surface area contributed by atoms with Gasteiger partial charge in [-0.1, -0.05) is 27.2 Å². The predicted molar refractivity (Wildman–Crippen MR) is 87.4 cm³/mol. The maximum Gasteiger partial charge on any atom is 0.319 e. The van der Waals surface area contributed by atoms with E-state index in [2.05, 4.69) is 26.8 Å². The number of ether oxygens (including phenoxy) is 1. The first kappa shape index (κ1) is 18.0. The molecule has 2 aliphatic carbocycles. The Hall–Kier alpha value is -1.37. The number of nitrogens with zero attached hydrogens (tertiary/aromatic N) is 1. The number of nitriles is 1. The van der Waals surface area contributed by atoms with Gasteiger partial charge in [-0.3, -0.25) is 9.59 Å². The minimum absolute atomic E-state index is 0.0253. The summed E-state index contributed by atoms with van der Waals surface area (Å²) in [5.41, 5.74) is -1.04. The van der Waals surface area contributed by atoms with Crippen LogP contribution in [0.5, 0.6) is 0 Å². The summed E-state index contributed by atoms with van der Waals surface area (Å²) in [5, 5.41) is 8.87. The molecule has 0 aromatic heterocycles. The Kier molecular flexibility index (Phi) is 5.84. The molecule has 2 fully saturated rings. The Labute approximate surface area is 139 Å². The fraction of sp³-hybridized carbons (Fsp3) is 0.842. The van der Waals surface area contributed by atoms with Gasteiger partial charge in [-0.15, -0.1) is 0 Å². The van der Waals surface area contributed by atoms with Crippen LogP contribution in [0.25, 0.3) is 0 Å². The molecule has 0 heterocycles. The van der Waals surface area contributed by atoms with Crippen molar-refractivity contribution in [1.29, 1.82) is 5.26 Å². The molecule has 0 N–H and O–H groups in total. The van der Waals surface area contributed by atoms with Crippen molar-refractivity contribution >= 4 is 11.8 Å². The van der Waals surface area contributed by atoms with Crippen molar-refractivity contribution < 1.29 is 14.3 Å². The first-order valence-corrected chi connectivity index (χ1v) is 9.02. The molecule has 0 aromatic rings. The van der Waals surface area contributed by atoms with Crippen molar-refractivity contribution in [2.45, 2.75) is 78.2 Å². The Morgan fingerprint density at radius 2 is 2.17 bits per heavy atom. The van der Waals surface area contributed by atoms with Crippen LogP contribution in [0.2, 0.25) is 0 Å². The van der Waals surface area contributed by atoms with Crippen molar-refractivity contribution in [3.63, 3.8) is 0 Å². The van der Waals surface area contributed by atoms with Gasteiger partial charge in [0, 0.05) is 12.8 Å². The van der Waals surface area contributed by atoms with E-state index in [1.165, 1.54) is 6.42 Å². The second-order valence-electron chi connectivity index (χ2n) is 7.79. The fourth-order valence-electron chi connectivity index (χ4n) is 4.28. The summed E-state index contributed by atoms with van der Waals surface area (Å²) in [4.78, 5) is 25.2. The van der Waals surface area contributed by atoms with Gasteiger partial charge in [-0.05, 0) is 49.9 Å². The molecular formula is C19H29NO3. The highest BCUT2D eigenvalue weighted by atomic mass is 16.5. The fourth-order valence-corrected chi connectivity index (χ4v) is 4.28. The molecule has 0 bridgehead atoms. The van der Waals surface area contributed by atoms with E-state index < -0.39 is 5.41 Å². The minimum Gasteiger partial charge on any atom is -0.461 e. The highest BCUT2D eigenvalue weighted by Gasteiger charge is 2.50. The summed E-state index contributed by atoms with van der Waals surface area (Å²) >= 11 is 0. The molecule has 0 saturated heterocycles. The first-order valence-electron chi connectivity index (χ1n) is 9.02. The quantitative estimate of drug-likeness (QED) is 0.566. The van der Waals surface area contributed by atoms with Gasteiger partial charge in [0.1, 0.15) is 17.3 Å². The van der Waals surface area contributed by atoms with Crippen LogP contribution in [0.4, 0.5) is 0 Å². The lowest BCUT2D eigenvalue weighted by Gasteiger charge is -2.38. The van der Waals surface area contributed by atoms with E-state index in [1.54, 1.807) is 0 Å². The lowest BCUT2D eigenvalue weighted by molar-refractivity contribution is -0.170. The van der Waals surface area contributed by atoms with Gasteiger partial charge in [0.2, 0.25) is 0 Å². The second-order valence-corrected chi connectivity index (χ2v) is 7.79. The molecule has 2 saturated carbocycles. The van der Waals surface area contributed by atoms with E-state index in [1.807, 2.05) is 0 Å². The van der Waals surface area contributed by atoms with Gasteiger partial charge in [-0.25, -0.2) is 0 Å². The van der Waals surface area contributed by atoms with Crippen LogP contribution in [-0.4, -0.2) is 17.9 Å². The molecule has 0 amide bonds. The third-order valence-corrected chi connectivity index (χ3v) is 5.82. The maximum absolute atomic E-state index is 12.9. The van der Waals surface area contributed by atoms with Crippen molar-refractivity contribution in [2.75, 3.05) is 0 Å². The molecule has 0 aliphatic heterocycles. The zero-order chi connectivity index (χ0) is 17.0. The smallest absolute Gasteiger partial charge is 0.319 e. The van der Waals surface area contributed by atoms with E-state index in [0.717, 1.165) is 19.3 Å². The second kappa shape index (κ2) is 7.47. The van der Waals surface area contributed by atoms with E-state index in [9.17, 15) is 9.59 Å². The summed E-state index contributed by atoms with van der Waals surface area (Å²) in [7, 11) is 0. The standard InChI is InChI=1S/C19H29NO3/c1-13(2)15-8-7-14(3)12-16(15)23-18(22)19(10-5-11-20)9-4-6-17(19)21/h13-16H,4-10,12H2,1-3H3/t14-,15+,16+,19-/m0/s1. The summed E-state index contributed by atoms with van der Waals surface area (Å²) in [6.07, 6.45) is 5.32. The monoisotopic (exact) mass is 319 g/mol. The van der Waals surface area contributed by atoms with Crippen LogP contribution in [0.3, 0.4) is 0 Å². The number of carbonyl (C=O) groups excluding carboxylic acids is 2. The first-order chi connectivity index (χ1) is 10.9. The van der Waals surface area contributed by atoms with Crippen LogP contribution < -0.4 is 0 Å². The van der Waals surface area contributed by atoms with Gasteiger partial charge >= 0.3 is 5.97 Å². The van der Waals surface area contributed by atoms with Gasteiger partial charge in [-0.2, -0.15) is 5.26 Å². The summed E-state index contributed by atoms with van der Waals surface area (Å²) in [6.45, 7) is 6.55. The molecule has 4 heteroatoms. The number of esters is 1. The Morgan fingerprint density at radius 3 is 2.74 bits per heavy atom. The van der Waals surface area contributed by atoms with E-state index in [-0.39, 0.29) is 24.3 Å². The molecule has 0 radical (unpaired) electrons. The molecule has 128 valence electrons. The van der Waals surface area contributed by atoms with Crippen molar-refractivity contribution in [3.8, 4) is 6.07 Å². The molecule has 4 nitrogen and oxygen atoms in total. The highest BCUT2D eigenvalue weighted by Crippen LogP contribution is 2.42. The normalized spacial score (nSPS) is 34.4. The SMILES string of the molecule is CC(C)[C@H]1CC[C@H](C)C[C@H]1OC(=O)[C@]1(CCC#N)CCCC1=O. The number of hydrogen-bond donors (Lipinski definition) is 0.